The molecule has 0 aliphatic heterocycles. The van der Waals surface area contributed by atoms with E-state index >= 15 is 0 Å². The molecule has 1 aromatic carbocycles. The standard InChI is InChI=1S/C19H29N3O2/c1-12-9-13(2)11-16(10-12)14(3)21-19(24)22-17-7-5-15(6-8-17)18(23)20-4/h9-11,14-15,17H,5-8H2,1-4H3,(H,20,23)(H2,21,22,24)/t14-,15?,17?/m0/s1. The molecule has 3 amide bonds. The maximum atomic E-state index is 12.2. The number of hydrogen-bond acceptors (Lipinski definition) is 2. The Morgan fingerprint density at radius 2 is 1.62 bits per heavy atom. The fraction of sp³-hybridized carbons (Fsp3) is 0.579. The van der Waals surface area contributed by atoms with Gasteiger partial charge >= 0.3 is 6.03 Å². The van der Waals surface area contributed by atoms with Gasteiger partial charge in [-0.05, 0) is 52.0 Å². The lowest BCUT2D eigenvalue weighted by molar-refractivity contribution is -0.125. The van der Waals surface area contributed by atoms with E-state index in [4.69, 9.17) is 0 Å². The van der Waals surface area contributed by atoms with Gasteiger partial charge in [-0.15, -0.1) is 0 Å². The van der Waals surface area contributed by atoms with Crippen molar-refractivity contribution in [1.29, 1.82) is 0 Å². The van der Waals surface area contributed by atoms with Crippen molar-refractivity contribution in [2.45, 2.75) is 58.5 Å². The summed E-state index contributed by atoms with van der Waals surface area (Å²) in [5.41, 5.74) is 3.52. The van der Waals surface area contributed by atoms with Gasteiger partial charge in [-0.2, -0.15) is 0 Å². The molecule has 1 saturated carbocycles. The summed E-state index contributed by atoms with van der Waals surface area (Å²) < 4.78 is 0. The first-order valence-corrected chi connectivity index (χ1v) is 8.76. The lowest BCUT2D eigenvalue weighted by atomic mass is 9.85. The zero-order valence-electron chi connectivity index (χ0n) is 15.1. The molecule has 132 valence electrons. The normalized spacial score (nSPS) is 21.7. The fourth-order valence-electron chi connectivity index (χ4n) is 3.47. The molecule has 0 bridgehead atoms. The minimum Gasteiger partial charge on any atom is -0.359 e. The third-order valence-electron chi connectivity index (χ3n) is 4.77. The van der Waals surface area contributed by atoms with Gasteiger partial charge in [0, 0.05) is 19.0 Å². The number of carbonyl (C=O) groups is 2. The van der Waals surface area contributed by atoms with Crippen LogP contribution < -0.4 is 16.0 Å². The first-order valence-electron chi connectivity index (χ1n) is 8.76. The summed E-state index contributed by atoms with van der Waals surface area (Å²) >= 11 is 0. The van der Waals surface area contributed by atoms with E-state index in [1.807, 2.05) is 6.92 Å². The average Bonchev–Trinajstić information content (AvgIpc) is 2.53. The van der Waals surface area contributed by atoms with Gasteiger partial charge < -0.3 is 16.0 Å². The zero-order valence-corrected chi connectivity index (χ0v) is 15.1. The number of aryl methyl sites for hydroxylation is 2. The molecule has 0 radical (unpaired) electrons. The Hall–Kier alpha value is -2.04. The molecule has 24 heavy (non-hydrogen) atoms. The number of rotatable bonds is 4. The van der Waals surface area contributed by atoms with E-state index in [2.05, 4.69) is 48.0 Å². The molecule has 1 aliphatic carbocycles. The van der Waals surface area contributed by atoms with Crippen LogP contribution in [0.5, 0.6) is 0 Å². The predicted octanol–water partition coefficient (Wildman–Crippen LogP) is 2.97. The maximum absolute atomic E-state index is 12.2. The van der Waals surface area contributed by atoms with E-state index in [9.17, 15) is 9.59 Å². The molecule has 0 unspecified atom stereocenters. The summed E-state index contributed by atoms with van der Waals surface area (Å²) in [4.78, 5) is 23.9. The number of nitrogens with one attached hydrogen (secondary N) is 3. The Kier molecular flexibility index (Phi) is 6.23. The van der Waals surface area contributed by atoms with Crippen LogP contribution in [0.2, 0.25) is 0 Å². The van der Waals surface area contributed by atoms with E-state index in [1.54, 1.807) is 7.05 Å². The highest BCUT2D eigenvalue weighted by molar-refractivity contribution is 5.78. The molecular weight excluding hydrogens is 302 g/mol. The highest BCUT2D eigenvalue weighted by Crippen LogP contribution is 2.24. The van der Waals surface area contributed by atoms with E-state index in [0.717, 1.165) is 31.2 Å². The number of amides is 3. The Morgan fingerprint density at radius 1 is 1.04 bits per heavy atom. The highest BCUT2D eigenvalue weighted by atomic mass is 16.2. The van der Waals surface area contributed by atoms with E-state index in [1.165, 1.54) is 11.1 Å². The SMILES string of the molecule is CNC(=O)C1CCC(NC(=O)N[C@@H](C)c2cc(C)cc(C)c2)CC1. The lowest BCUT2D eigenvalue weighted by Gasteiger charge is -2.28. The van der Waals surface area contributed by atoms with Crippen molar-refractivity contribution in [1.82, 2.24) is 16.0 Å². The molecule has 5 heteroatoms. The summed E-state index contributed by atoms with van der Waals surface area (Å²) in [5, 5.41) is 8.76. The van der Waals surface area contributed by atoms with E-state index in [-0.39, 0.29) is 29.9 Å². The van der Waals surface area contributed by atoms with Crippen molar-refractivity contribution >= 4 is 11.9 Å². The van der Waals surface area contributed by atoms with E-state index in [0.29, 0.717) is 0 Å². The molecule has 0 heterocycles. The topological polar surface area (TPSA) is 70.2 Å². The molecule has 3 N–H and O–H groups in total. The summed E-state index contributed by atoms with van der Waals surface area (Å²) in [7, 11) is 1.68. The number of benzene rings is 1. The number of hydrogen-bond donors (Lipinski definition) is 3. The quantitative estimate of drug-likeness (QED) is 0.794. The van der Waals surface area contributed by atoms with Crippen LogP contribution in [-0.2, 0) is 4.79 Å². The second-order valence-corrected chi connectivity index (χ2v) is 6.92. The van der Waals surface area contributed by atoms with Gasteiger partial charge in [0.25, 0.3) is 0 Å². The maximum Gasteiger partial charge on any atom is 0.315 e. The van der Waals surface area contributed by atoms with Crippen LogP contribution in [0, 0.1) is 19.8 Å². The molecule has 5 nitrogen and oxygen atoms in total. The summed E-state index contributed by atoms with van der Waals surface area (Å²) in [6, 6.07) is 6.31. The summed E-state index contributed by atoms with van der Waals surface area (Å²) in [6.07, 6.45) is 3.36. The molecule has 0 spiro atoms. The van der Waals surface area contributed by atoms with Gasteiger partial charge in [0.05, 0.1) is 6.04 Å². The first kappa shape index (κ1) is 18.3. The van der Waals surface area contributed by atoms with Crippen LogP contribution >= 0.6 is 0 Å². The lowest BCUT2D eigenvalue weighted by Crippen LogP contribution is -2.45. The Bertz CT molecular complexity index is 572. The molecule has 1 fully saturated rings. The Balaban J connectivity index is 1.82. The molecular formula is C19H29N3O2. The fourth-order valence-corrected chi connectivity index (χ4v) is 3.47. The van der Waals surface area contributed by atoms with Crippen molar-refractivity contribution in [2.75, 3.05) is 7.05 Å². The molecule has 0 aromatic heterocycles. The molecule has 1 aliphatic rings. The van der Waals surface area contributed by atoms with Crippen LogP contribution in [0.4, 0.5) is 4.79 Å². The molecule has 0 saturated heterocycles. The van der Waals surface area contributed by atoms with Crippen LogP contribution in [0.3, 0.4) is 0 Å². The van der Waals surface area contributed by atoms with Crippen LogP contribution in [0.25, 0.3) is 0 Å². The van der Waals surface area contributed by atoms with Crippen molar-refractivity contribution in [3.05, 3.63) is 34.9 Å². The van der Waals surface area contributed by atoms with E-state index < -0.39 is 0 Å². The summed E-state index contributed by atoms with van der Waals surface area (Å²) in [6.45, 7) is 6.12. The van der Waals surface area contributed by atoms with Gasteiger partial charge in [-0.3, -0.25) is 4.79 Å². The molecule has 1 atom stereocenters. The zero-order chi connectivity index (χ0) is 17.7. The summed E-state index contributed by atoms with van der Waals surface area (Å²) in [5.74, 6) is 0.201. The monoisotopic (exact) mass is 331 g/mol. The Labute approximate surface area is 144 Å². The highest BCUT2D eigenvalue weighted by Gasteiger charge is 2.26. The van der Waals surface area contributed by atoms with Gasteiger partial charge in [-0.25, -0.2) is 4.79 Å². The van der Waals surface area contributed by atoms with Crippen LogP contribution in [-0.4, -0.2) is 25.0 Å². The second kappa shape index (κ2) is 8.18. The van der Waals surface area contributed by atoms with Gasteiger partial charge in [0.1, 0.15) is 0 Å². The minimum atomic E-state index is -0.134. The molecule has 1 aromatic rings. The van der Waals surface area contributed by atoms with Crippen LogP contribution in [0.1, 0.15) is 55.3 Å². The first-order chi connectivity index (χ1) is 11.4. The second-order valence-electron chi connectivity index (χ2n) is 6.92. The molecule has 2 rings (SSSR count). The van der Waals surface area contributed by atoms with Crippen molar-refractivity contribution in [3.8, 4) is 0 Å². The van der Waals surface area contributed by atoms with Crippen molar-refractivity contribution < 1.29 is 9.59 Å². The average molecular weight is 331 g/mol. The predicted molar refractivity (Wildman–Crippen MR) is 95.8 cm³/mol. The third kappa shape index (κ3) is 4.98. The Morgan fingerprint density at radius 3 is 2.17 bits per heavy atom. The number of urea groups is 1. The van der Waals surface area contributed by atoms with Crippen molar-refractivity contribution in [2.24, 2.45) is 5.92 Å². The largest absolute Gasteiger partial charge is 0.359 e. The smallest absolute Gasteiger partial charge is 0.315 e. The number of carbonyl (C=O) groups excluding carboxylic acids is 2. The van der Waals surface area contributed by atoms with Gasteiger partial charge in [-0.1, -0.05) is 29.3 Å². The van der Waals surface area contributed by atoms with Gasteiger partial charge in [0.2, 0.25) is 5.91 Å². The van der Waals surface area contributed by atoms with Gasteiger partial charge in [0.15, 0.2) is 0 Å². The van der Waals surface area contributed by atoms with Crippen LogP contribution in [0.15, 0.2) is 18.2 Å². The van der Waals surface area contributed by atoms with Crippen molar-refractivity contribution in [3.63, 3.8) is 0 Å². The third-order valence-corrected chi connectivity index (χ3v) is 4.77. The minimum absolute atomic E-state index is 0.0363.